The van der Waals surface area contributed by atoms with E-state index in [1.807, 2.05) is 0 Å². The van der Waals surface area contributed by atoms with Crippen molar-refractivity contribution in [2.75, 3.05) is 6.16 Å². The Morgan fingerprint density at radius 3 is 1.55 bits per heavy atom. The van der Waals surface area contributed by atoms with E-state index >= 15 is 0 Å². The van der Waals surface area contributed by atoms with E-state index in [1.165, 1.54) is 26.6 Å². The summed E-state index contributed by atoms with van der Waals surface area (Å²) in [6, 6.07) is 32.9. The van der Waals surface area contributed by atoms with Gasteiger partial charge in [0, 0.05) is 0 Å². The van der Waals surface area contributed by atoms with Gasteiger partial charge in [0.1, 0.15) is 0 Å². The van der Waals surface area contributed by atoms with Gasteiger partial charge in [0.25, 0.3) is 0 Å². The van der Waals surface area contributed by atoms with Crippen molar-refractivity contribution in [1.82, 2.24) is 0 Å². The predicted molar refractivity (Wildman–Crippen MR) is 101 cm³/mol. The number of rotatable bonds is 6. The van der Waals surface area contributed by atoms with Crippen LogP contribution in [0, 0.1) is 0 Å². The minimum atomic E-state index is -0.232. The summed E-state index contributed by atoms with van der Waals surface area (Å²) in [6.07, 6.45) is 1.28. The van der Waals surface area contributed by atoms with Crippen LogP contribution in [0.25, 0.3) is 0 Å². The van der Waals surface area contributed by atoms with Crippen molar-refractivity contribution in [3.8, 4) is 0 Å². The Morgan fingerprint density at radius 1 is 0.591 bits per heavy atom. The second-order valence-electron chi connectivity index (χ2n) is 4.98. The molecule has 0 nitrogen and oxygen atoms in total. The molecule has 0 N–H and O–H groups in total. The van der Waals surface area contributed by atoms with Gasteiger partial charge in [-0.05, 0) is 0 Å². The molecule has 0 fully saturated rings. The Balaban J connectivity index is 1.72. The van der Waals surface area contributed by atoms with Crippen LogP contribution in [-0.4, -0.2) is 21.1 Å². The maximum atomic E-state index is 2.29. The van der Waals surface area contributed by atoms with Crippen LogP contribution in [0.5, 0.6) is 0 Å². The quantitative estimate of drug-likeness (QED) is 0.460. The molecule has 22 heavy (non-hydrogen) atoms. The molecule has 0 aliphatic heterocycles. The summed E-state index contributed by atoms with van der Waals surface area (Å²) in [4.78, 5) is 0. The molecule has 0 radical (unpaired) electrons. The standard InChI is InChI=1S/C20H19PSe/c1-4-10-18(11-5-1)21(19-12-6-2-7-13-19)16-17-22-20-14-8-3-9-15-20/h1-15H,16-17H2. The molecule has 0 heterocycles. The SMILES string of the molecule is c1ccc([Se]CCP(c2ccccc2)c2ccccc2)cc1. The Bertz CT molecular complexity index is 628. The second-order valence-corrected chi connectivity index (χ2v) is 9.77. The van der Waals surface area contributed by atoms with Crippen LogP contribution in [0.2, 0.25) is 5.32 Å². The van der Waals surface area contributed by atoms with Crippen LogP contribution in [0.15, 0.2) is 91.0 Å². The Labute approximate surface area is 140 Å². The Kier molecular flexibility index (Phi) is 5.85. The summed E-state index contributed by atoms with van der Waals surface area (Å²) in [5, 5.41) is 4.28. The number of hydrogen-bond acceptors (Lipinski definition) is 0. The van der Waals surface area contributed by atoms with Gasteiger partial charge in [0.2, 0.25) is 0 Å². The zero-order chi connectivity index (χ0) is 15.0. The van der Waals surface area contributed by atoms with Gasteiger partial charge in [-0.3, -0.25) is 0 Å². The molecule has 0 atom stereocenters. The molecular weight excluding hydrogens is 350 g/mol. The van der Waals surface area contributed by atoms with Gasteiger partial charge in [-0.2, -0.15) is 0 Å². The average Bonchev–Trinajstić information content (AvgIpc) is 2.61. The van der Waals surface area contributed by atoms with Crippen molar-refractivity contribution >= 4 is 37.9 Å². The Hall–Kier alpha value is -1.39. The molecule has 0 aliphatic rings. The van der Waals surface area contributed by atoms with E-state index in [9.17, 15) is 0 Å². The van der Waals surface area contributed by atoms with E-state index in [4.69, 9.17) is 0 Å². The molecular formula is C20H19PSe. The van der Waals surface area contributed by atoms with Gasteiger partial charge < -0.3 is 0 Å². The van der Waals surface area contributed by atoms with E-state index in [0.29, 0.717) is 15.0 Å². The van der Waals surface area contributed by atoms with Crippen molar-refractivity contribution in [3.05, 3.63) is 91.0 Å². The summed E-state index contributed by atoms with van der Waals surface area (Å²) >= 11 is 0.575. The van der Waals surface area contributed by atoms with Gasteiger partial charge >= 0.3 is 140 Å². The molecule has 2 heteroatoms. The van der Waals surface area contributed by atoms with Gasteiger partial charge in [0.15, 0.2) is 0 Å². The summed E-state index contributed by atoms with van der Waals surface area (Å²) in [5.41, 5.74) is 0. The van der Waals surface area contributed by atoms with Gasteiger partial charge in [-0.15, -0.1) is 0 Å². The molecule has 0 aromatic heterocycles. The second kappa shape index (κ2) is 8.30. The molecule has 3 aromatic carbocycles. The number of benzene rings is 3. The van der Waals surface area contributed by atoms with Crippen molar-refractivity contribution in [2.45, 2.75) is 5.32 Å². The first-order valence-corrected chi connectivity index (χ1v) is 11.1. The summed E-state index contributed by atoms with van der Waals surface area (Å²) in [7, 11) is -0.232. The summed E-state index contributed by atoms with van der Waals surface area (Å²) in [6.45, 7) is 0. The van der Waals surface area contributed by atoms with E-state index in [-0.39, 0.29) is 7.92 Å². The third-order valence-corrected chi connectivity index (χ3v) is 8.78. The van der Waals surface area contributed by atoms with Crippen LogP contribution >= 0.6 is 7.92 Å². The normalized spacial score (nSPS) is 10.8. The van der Waals surface area contributed by atoms with Gasteiger partial charge in [-0.1, -0.05) is 0 Å². The molecule has 110 valence electrons. The van der Waals surface area contributed by atoms with Crippen molar-refractivity contribution in [1.29, 1.82) is 0 Å². The third-order valence-electron chi connectivity index (χ3n) is 3.46. The number of hydrogen-bond donors (Lipinski definition) is 0. The fourth-order valence-electron chi connectivity index (χ4n) is 2.39. The molecule has 0 saturated heterocycles. The van der Waals surface area contributed by atoms with Crippen LogP contribution in [-0.2, 0) is 0 Å². The van der Waals surface area contributed by atoms with Gasteiger partial charge in [0.05, 0.1) is 0 Å². The monoisotopic (exact) mass is 370 g/mol. The van der Waals surface area contributed by atoms with E-state index in [2.05, 4.69) is 91.0 Å². The molecule has 0 spiro atoms. The topological polar surface area (TPSA) is 0 Å². The van der Waals surface area contributed by atoms with E-state index in [0.717, 1.165) is 0 Å². The minimum absolute atomic E-state index is 0.232. The summed E-state index contributed by atoms with van der Waals surface area (Å²) in [5.74, 6) is 0. The summed E-state index contributed by atoms with van der Waals surface area (Å²) < 4.78 is 1.51. The van der Waals surface area contributed by atoms with Crippen LogP contribution in [0.4, 0.5) is 0 Å². The molecule has 0 amide bonds. The molecule has 0 saturated carbocycles. The molecule has 0 aliphatic carbocycles. The fraction of sp³-hybridized carbons (Fsp3) is 0.100. The van der Waals surface area contributed by atoms with Crippen LogP contribution in [0.3, 0.4) is 0 Å². The first-order valence-electron chi connectivity index (χ1n) is 7.49. The van der Waals surface area contributed by atoms with Crippen LogP contribution in [0.1, 0.15) is 0 Å². The van der Waals surface area contributed by atoms with Crippen LogP contribution < -0.4 is 15.1 Å². The average molecular weight is 369 g/mol. The molecule has 0 bridgehead atoms. The van der Waals surface area contributed by atoms with Crippen molar-refractivity contribution in [2.24, 2.45) is 0 Å². The zero-order valence-electron chi connectivity index (χ0n) is 12.4. The predicted octanol–water partition coefficient (Wildman–Crippen LogP) is 3.57. The van der Waals surface area contributed by atoms with E-state index < -0.39 is 0 Å². The molecule has 3 aromatic rings. The van der Waals surface area contributed by atoms with Crippen molar-refractivity contribution < 1.29 is 0 Å². The maximum absolute atomic E-state index is 2.29. The fourth-order valence-corrected chi connectivity index (χ4v) is 7.50. The Morgan fingerprint density at radius 2 is 1.05 bits per heavy atom. The van der Waals surface area contributed by atoms with Crippen molar-refractivity contribution in [3.63, 3.8) is 0 Å². The third kappa shape index (κ3) is 4.31. The first kappa shape index (κ1) is 15.5. The molecule has 0 unspecified atom stereocenters. The molecule has 3 rings (SSSR count). The zero-order valence-corrected chi connectivity index (χ0v) is 15.0. The van der Waals surface area contributed by atoms with Gasteiger partial charge in [-0.25, -0.2) is 0 Å². The first-order chi connectivity index (χ1) is 10.9. The van der Waals surface area contributed by atoms with E-state index in [1.54, 1.807) is 0 Å².